The lowest BCUT2D eigenvalue weighted by Crippen LogP contribution is -1.87. The zero-order chi connectivity index (χ0) is 17.6. The Bertz CT molecular complexity index is 538. The molecular weight excluding hydrogens is 292 g/mol. The summed E-state index contributed by atoms with van der Waals surface area (Å²) < 4.78 is 0. The van der Waals surface area contributed by atoms with Crippen LogP contribution in [0.1, 0.15) is 68.6 Å². The number of aryl methyl sites for hydroxylation is 3. The van der Waals surface area contributed by atoms with Crippen molar-refractivity contribution in [3.05, 3.63) is 65.2 Å². The van der Waals surface area contributed by atoms with Crippen molar-refractivity contribution in [3.63, 3.8) is 0 Å². The highest BCUT2D eigenvalue weighted by molar-refractivity contribution is 5.31. The molecule has 1 nitrogen and oxygen atoms in total. The highest BCUT2D eigenvalue weighted by atomic mass is 16.3. The van der Waals surface area contributed by atoms with Gasteiger partial charge in [-0.3, -0.25) is 0 Å². The van der Waals surface area contributed by atoms with Crippen molar-refractivity contribution >= 4 is 0 Å². The van der Waals surface area contributed by atoms with Crippen LogP contribution >= 0.6 is 0 Å². The van der Waals surface area contributed by atoms with E-state index in [4.69, 9.17) is 0 Å². The number of aromatic hydroxyl groups is 1. The smallest absolute Gasteiger partial charge is 0.118 e. The second kappa shape index (κ2) is 12.6. The monoisotopic (exact) mass is 326 g/mol. The average Bonchev–Trinajstić information content (AvgIpc) is 2.59. The van der Waals surface area contributed by atoms with E-state index in [9.17, 15) is 5.11 Å². The van der Waals surface area contributed by atoms with Gasteiger partial charge in [0.05, 0.1) is 0 Å². The molecule has 0 amide bonds. The fraction of sp³-hybridized carbons (Fsp3) is 0.478. The van der Waals surface area contributed by atoms with Gasteiger partial charge in [0.2, 0.25) is 0 Å². The lowest BCUT2D eigenvalue weighted by molar-refractivity contribution is 0.466. The first kappa shape index (κ1) is 20.3. The summed E-state index contributed by atoms with van der Waals surface area (Å²) in [4.78, 5) is 0. The molecule has 2 aromatic rings. The maximum atomic E-state index is 9.58. The minimum absolute atomic E-state index is 0.452. The molecule has 0 saturated carbocycles. The Morgan fingerprint density at radius 1 is 0.667 bits per heavy atom. The standard InChI is InChI=1S/C15H24O.C8H10/c1-2-3-4-5-6-7-8-11-14-12-9-10-13-15(14)16;1-7-5-3-4-6-8(7)2/h9-10,12-13,16H,2-8,11H2,1H3;3-6H,1-2H3. The minimum atomic E-state index is 0.452. The molecule has 0 heterocycles. The van der Waals surface area contributed by atoms with Crippen LogP contribution in [0.25, 0.3) is 0 Å². The van der Waals surface area contributed by atoms with Crippen LogP contribution in [0.15, 0.2) is 48.5 Å². The second-order valence-corrected chi connectivity index (χ2v) is 6.58. The molecule has 0 aromatic heterocycles. The molecule has 132 valence electrons. The molecule has 0 saturated heterocycles. The van der Waals surface area contributed by atoms with Crippen molar-refractivity contribution in [3.8, 4) is 5.75 Å². The quantitative estimate of drug-likeness (QED) is 0.518. The first-order valence-corrected chi connectivity index (χ1v) is 9.44. The van der Waals surface area contributed by atoms with Crippen LogP contribution in [-0.4, -0.2) is 5.11 Å². The van der Waals surface area contributed by atoms with Crippen LogP contribution in [0.5, 0.6) is 5.75 Å². The molecule has 1 heteroatoms. The van der Waals surface area contributed by atoms with Gasteiger partial charge in [-0.2, -0.15) is 0 Å². The summed E-state index contributed by atoms with van der Waals surface area (Å²) in [6.45, 7) is 6.49. The third-order valence-electron chi connectivity index (χ3n) is 4.47. The Morgan fingerprint density at radius 3 is 1.71 bits per heavy atom. The topological polar surface area (TPSA) is 20.2 Å². The minimum Gasteiger partial charge on any atom is -0.508 e. The van der Waals surface area contributed by atoms with Crippen LogP contribution in [-0.2, 0) is 6.42 Å². The SMILES string of the molecule is CCCCCCCCCc1ccccc1O.Cc1ccccc1C. The van der Waals surface area contributed by atoms with Gasteiger partial charge in [-0.25, -0.2) is 0 Å². The summed E-state index contributed by atoms with van der Waals surface area (Å²) in [6.07, 6.45) is 10.3. The van der Waals surface area contributed by atoms with Gasteiger partial charge in [0.25, 0.3) is 0 Å². The van der Waals surface area contributed by atoms with Gasteiger partial charge in [0.15, 0.2) is 0 Å². The fourth-order valence-electron chi connectivity index (χ4n) is 2.66. The zero-order valence-corrected chi connectivity index (χ0v) is 15.7. The van der Waals surface area contributed by atoms with Gasteiger partial charge < -0.3 is 5.11 Å². The van der Waals surface area contributed by atoms with Gasteiger partial charge in [-0.15, -0.1) is 0 Å². The van der Waals surface area contributed by atoms with Crippen molar-refractivity contribution < 1.29 is 5.11 Å². The fourth-order valence-corrected chi connectivity index (χ4v) is 2.66. The normalized spacial score (nSPS) is 10.1. The van der Waals surface area contributed by atoms with Crippen molar-refractivity contribution in [2.75, 3.05) is 0 Å². The van der Waals surface area contributed by atoms with Gasteiger partial charge in [-0.05, 0) is 49.4 Å². The average molecular weight is 327 g/mol. The van der Waals surface area contributed by atoms with Gasteiger partial charge in [-0.1, -0.05) is 87.9 Å². The van der Waals surface area contributed by atoms with E-state index in [2.05, 4.69) is 45.0 Å². The highest BCUT2D eigenvalue weighted by Gasteiger charge is 1.98. The molecular formula is C23H34O. The molecule has 0 aliphatic carbocycles. The molecule has 0 unspecified atom stereocenters. The second-order valence-electron chi connectivity index (χ2n) is 6.58. The molecule has 0 spiro atoms. The summed E-state index contributed by atoms with van der Waals surface area (Å²) in [5.74, 6) is 0.452. The van der Waals surface area contributed by atoms with Crippen LogP contribution in [0, 0.1) is 13.8 Å². The van der Waals surface area contributed by atoms with E-state index in [0.717, 1.165) is 12.0 Å². The van der Waals surface area contributed by atoms with Crippen molar-refractivity contribution in [1.82, 2.24) is 0 Å². The van der Waals surface area contributed by atoms with Crippen LogP contribution < -0.4 is 0 Å². The van der Waals surface area contributed by atoms with Crippen molar-refractivity contribution in [2.24, 2.45) is 0 Å². The maximum Gasteiger partial charge on any atom is 0.118 e. The predicted octanol–water partition coefficient (Wildman–Crippen LogP) is 6.99. The van der Waals surface area contributed by atoms with Crippen LogP contribution in [0.2, 0.25) is 0 Å². The van der Waals surface area contributed by atoms with E-state index in [-0.39, 0.29) is 0 Å². The van der Waals surface area contributed by atoms with E-state index in [0.29, 0.717) is 5.75 Å². The van der Waals surface area contributed by atoms with E-state index in [1.807, 2.05) is 18.2 Å². The largest absolute Gasteiger partial charge is 0.508 e. The molecule has 0 bridgehead atoms. The summed E-state index contributed by atoms with van der Waals surface area (Å²) in [6, 6.07) is 16.0. The number of hydrogen-bond donors (Lipinski definition) is 1. The molecule has 0 radical (unpaired) electrons. The number of hydrogen-bond acceptors (Lipinski definition) is 1. The Morgan fingerprint density at radius 2 is 1.17 bits per heavy atom. The number of phenols is 1. The lowest BCUT2D eigenvalue weighted by Gasteiger charge is -2.04. The van der Waals surface area contributed by atoms with E-state index < -0.39 is 0 Å². The zero-order valence-electron chi connectivity index (χ0n) is 15.7. The predicted molar refractivity (Wildman–Crippen MR) is 106 cm³/mol. The van der Waals surface area contributed by atoms with Gasteiger partial charge in [0.1, 0.15) is 5.75 Å². The summed E-state index contributed by atoms with van der Waals surface area (Å²) in [5, 5.41) is 9.58. The molecule has 0 fully saturated rings. The molecule has 0 aliphatic rings. The van der Waals surface area contributed by atoms with Gasteiger partial charge in [0, 0.05) is 0 Å². The number of rotatable bonds is 8. The maximum absolute atomic E-state index is 9.58. The number of unbranched alkanes of at least 4 members (excludes halogenated alkanes) is 6. The summed E-state index contributed by atoms with van der Waals surface area (Å²) in [7, 11) is 0. The van der Waals surface area contributed by atoms with E-state index >= 15 is 0 Å². The molecule has 24 heavy (non-hydrogen) atoms. The Balaban J connectivity index is 0.000000300. The van der Waals surface area contributed by atoms with E-state index in [1.54, 1.807) is 6.07 Å². The van der Waals surface area contributed by atoms with Crippen LogP contribution in [0.4, 0.5) is 0 Å². The summed E-state index contributed by atoms with van der Waals surface area (Å²) >= 11 is 0. The number of phenolic OH excluding ortho intramolecular Hbond substituents is 1. The molecule has 2 aromatic carbocycles. The highest BCUT2D eigenvalue weighted by Crippen LogP contribution is 2.18. The molecule has 0 atom stereocenters. The lowest BCUT2D eigenvalue weighted by atomic mass is 10.0. The molecule has 2 rings (SSSR count). The van der Waals surface area contributed by atoms with E-state index in [1.165, 1.54) is 56.1 Å². The van der Waals surface area contributed by atoms with Crippen molar-refractivity contribution in [1.29, 1.82) is 0 Å². The Kier molecular flexibility index (Phi) is 10.7. The third-order valence-corrected chi connectivity index (χ3v) is 4.47. The number of benzene rings is 2. The Labute approximate surface area is 148 Å². The van der Waals surface area contributed by atoms with Crippen LogP contribution in [0.3, 0.4) is 0 Å². The van der Waals surface area contributed by atoms with Gasteiger partial charge >= 0.3 is 0 Å². The first-order chi connectivity index (χ1) is 11.6. The van der Waals surface area contributed by atoms with Crippen molar-refractivity contribution in [2.45, 2.75) is 72.1 Å². The Hall–Kier alpha value is -1.76. The first-order valence-electron chi connectivity index (χ1n) is 9.44. The molecule has 1 N–H and O–H groups in total. The third kappa shape index (κ3) is 8.76. The summed E-state index contributed by atoms with van der Waals surface area (Å²) in [5.41, 5.74) is 3.83. The molecule has 0 aliphatic heterocycles. The number of para-hydroxylation sites is 1.